The van der Waals surface area contributed by atoms with E-state index >= 15 is 0 Å². The second-order valence-electron chi connectivity index (χ2n) is 4.97. The van der Waals surface area contributed by atoms with E-state index in [0.29, 0.717) is 17.8 Å². The number of carbonyl (C=O) groups is 1. The minimum Gasteiger partial charge on any atom is -0.462 e. The van der Waals surface area contributed by atoms with Gasteiger partial charge in [-0.3, -0.25) is 4.79 Å². The lowest BCUT2D eigenvalue weighted by atomic mass is 9.75. The number of esters is 1. The third-order valence-corrected chi connectivity index (χ3v) is 3.28. The predicted molar refractivity (Wildman–Crippen MR) is 56.9 cm³/mol. The van der Waals surface area contributed by atoms with E-state index in [9.17, 15) is 4.79 Å². The van der Waals surface area contributed by atoms with E-state index in [-0.39, 0.29) is 12.1 Å². The van der Waals surface area contributed by atoms with Crippen LogP contribution < -0.4 is 0 Å². The Bertz CT molecular complexity index is 198. The van der Waals surface area contributed by atoms with Crippen LogP contribution in [0.2, 0.25) is 0 Å². The van der Waals surface area contributed by atoms with Gasteiger partial charge in [-0.05, 0) is 30.6 Å². The van der Waals surface area contributed by atoms with Gasteiger partial charge in [0.1, 0.15) is 6.10 Å². The fourth-order valence-corrected chi connectivity index (χ4v) is 2.46. The molecule has 0 aromatic rings. The molecule has 14 heavy (non-hydrogen) atoms. The van der Waals surface area contributed by atoms with E-state index in [0.717, 1.165) is 6.42 Å². The van der Waals surface area contributed by atoms with E-state index < -0.39 is 0 Å². The number of carbonyl (C=O) groups excluding carboxylic acids is 1. The molecule has 0 spiro atoms. The van der Waals surface area contributed by atoms with E-state index in [1.165, 1.54) is 19.8 Å². The Balaban J connectivity index is 2.58. The lowest BCUT2D eigenvalue weighted by Crippen LogP contribution is -2.35. The summed E-state index contributed by atoms with van der Waals surface area (Å²) in [6, 6.07) is 0. The predicted octanol–water partition coefficient (Wildman–Crippen LogP) is 3.01. The Morgan fingerprint density at radius 3 is 2.50 bits per heavy atom. The van der Waals surface area contributed by atoms with Gasteiger partial charge >= 0.3 is 5.97 Å². The monoisotopic (exact) mass is 198 g/mol. The quantitative estimate of drug-likeness (QED) is 0.637. The first-order valence-electron chi connectivity index (χ1n) is 5.68. The SMILES string of the molecule is CC(=O)O[C@H]1C[C@H](C)CC[C@H]1C(C)C. The zero-order valence-corrected chi connectivity index (χ0v) is 9.75. The molecule has 0 aliphatic heterocycles. The van der Waals surface area contributed by atoms with Gasteiger partial charge in [0.05, 0.1) is 0 Å². The maximum Gasteiger partial charge on any atom is 0.302 e. The smallest absolute Gasteiger partial charge is 0.302 e. The lowest BCUT2D eigenvalue weighted by molar-refractivity contribution is -0.153. The van der Waals surface area contributed by atoms with Crippen molar-refractivity contribution in [3.8, 4) is 0 Å². The topological polar surface area (TPSA) is 26.3 Å². The number of hydrogen-bond acceptors (Lipinski definition) is 2. The fourth-order valence-electron chi connectivity index (χ4n) is 2.46. The van der Waals surface area contributed by atoms with Crippen LogP contribution in [0.4, 0.5) is 0 Å². The molecule has 0 aromatic heterocycles. The molecule has 1 aliphatic carbocycles. The minimum atomic E-state index is -0.130. The number of rotatable bonds is 2. The first kappa shape index (κ1) is 11.5. The van der Waals surface area contributed by atoms with Crippen molar-refractivity contribution in [2.24, 2.45) is 17.8 Å². The zero-order chi connectivity index (χ0) is 10.7. The zero-order valence-electron chi connectivity index (χ0n) is 9.75. The molecule has 0 unspecified atom stereocenters. The highest BCUT2D eigenvalue weighted by atomic mass is 16.5. The van der Waals surface area contributed by atoms with Crippen LogP contribution in [-0.4, -0.2) is 12.1 Å². The molecular formula is C12H22O2. The van der Waals surface area contributed by atoms with Crippen LogP contribution in [0.25, 0.3) is 0 Å². The molecule has 1 fully saturated rings. The maximum atomic E-state index is 11.0. The summed E-state index contributed by atoms with van der Waals surface area (Å²) in [5.74, 6) is 1.76. The summed E-state index contributed by atoms with van der Waals surface area (Å²) in [4.78, 5) is 11.0. The van der Waals surface area contributed by atoms with Crippen molar-refractivity contribution in [2.45, 2.75) is 53.1 Å². The highest BCUT2D eigenvalue weighted by molar-refractivity contribution is 5.66. The summed E-state index contributed by atoms with van der Waals surface area (Å²) in [5, 5.41) is 0. The molecule has 0 N–H and O–H groups in total. The lowest BCUT2D eigenvalue weighted by Gasteiger charge is -2.36. The van der Waals surface area contributed by atoms with Gasteiger partial charge in [0.2, 0.25) is 0 Å². The highest BCUT2D eigenvalue weighted by Gasteiger charge is 2.32. The van der Waals surface area contributed by atoms with Gasteiger partial charge in [-0.25, -0.2) is 0 Å². The molecule has 0 amide bonds. The second-order valence-corrected chi connectivity index (χ2v) is 4.97. The summed E-state index contributed by atoms with van der Waals surface area (Å²) in [7, 11) is 0. The molecular weight excluding hydrogens is 176 g/mol. The first-order chi connectivity index (χ1) is 6.50. The first-order valence-corrected chi connectivity index (χ1v) is 5.68. The van der Waals surface area contributed by atoms with Gasteiger partial charge in [0, 0.05) is 6.92 Å². The summed E-state index contributed by atoms with van der Waals surface area (Å²) < 4.78 is 5.40. The minimum absolute atomic E-state index is 0.130. The molecule has 0 bridgehead atoms. The molecule has 0 radical (unpaired) electrons. The average molecular weight is 198 g/mol. The van der Waals surface area contributed by atoms with Crippen molar-refractivity contribution in [3.05, 3.63) is 0 Å². The standard InChI is InChI=1S/C12H22O2/c1-8(2)11-6-5-9(3)7-12(11)14-10(4)13/h8-9,11-12H,5-7H2,1-4H3/t9-,11+,12+/m1/s1. The molecule has 1 aliphatic rings. The fraction of sp³-hybridized carbons (Fsp3) is 0.917. The molecule has 2 heteroatoms. The van der Waals surface area contributed by atoms with Gasteiger partial charge < -0.3 is 4.74 Å². The number of ether oxygens (including phenoxy) is 1. The molecule has 2 nitrogen and oxygen atoms in total. The summed E-state index contributed by atoms with van der Waals surface area (Å²) in [5.41, 5.74) is 0. The summed E-state index contributed by atoms with van der Waals surface area (Å²) in [6.45, 7) is 8.19. The Labute approximate surface area is 87.0 Å². The van der Waals surface area contributed by atoms with Crippen LogP contribution in [0, 0.1) is 17.8 Å². The van der Waals surface area contributed by atoms with Gasteiger partial charge in [-0.2, -0.15) is 0 Å². The summed E-state index contributed by atoms with van der Waals surface area (Å²) in [6.07, 6.45) is 3.69. The van der Waals surface area contributed by atoms with Crippen molar-refractivity contribution in [1.29, 1.82) is 0 Å². The third kappa shape index (κ3) is 3.00. The molecule has 1 rings (SSSR count). The van der Waals surface area contributed by atoms with Crippen LogP contribution in [0.5, 0.6) is 0 Å². The van der Waals surface area contributed by atoms with E-state index in [2.05, 4.69) is 20.8 Å². The van der Waals surface area contributed by atoms with Crippen molar-refractivity contribution in [2.75, 3.05) is 0 Å². The second kappa shape index (κ2) is 4.81. The van der Waals surface area contributed by atoms with Crippen LogP contribution in [0.3, 0.4) is 0 Å². The maximum absolute atomic E-state index is 11.0. The Morgan fingerprint density at radius 1 is 1.36 bits per heavy atom. The Hall–Kier alpha value is -0.530. The van der Waals surface area contributed by atoms with E-state index in [4.69, 9.17) is 4.74 Å². The van der Waals surface area contributed by atoms with Gasteiger partial charge in [-0.1, -0.05) is 27.2 Å². The van der Waals surface area contributed by atoms with Crippen LogP contribution in [0.1, 0.15) is 47.0 Å². The number of hydrogen-bond donors (Lipinski definition) is 0. The van der Waals surface area contributed by atoms with Gasteiger partial charge in [0.15, 0.2) is 0 Å². The van der Waals surface area contributed by atoms with Crippen LogP contribution in [0.15, 0.2) is 0 Å². The van der Waals surface area contributed by atoms with E-state index in [1.54, 1.807) is 0 Å². The van der Waals surface area contributed by atoms with Crippen LogP contribution >= 0.6 is 0 Å². The normalized spacial score (nSPS) is 33.1. The largest absolute Gasteiger partial charge is 0.462 e. The molecule has 82 valence electrons. The van der Waals surface area contributed by atoms with Crippen molar-refractivity contribution < 1.29 is 9.53 Å². The third-order valence-electron chi connectivity index (χ3n) is 3.28. The van der Waals surface area contributed by atoms with Crippen molar-refractivity contribution in [1.82, 2.24) is 0 Å². The molecule has 0 aromatic carbocycles. The summed E-state index contributed by atoms with van der Waals surface area (Å²) >= 11 is 0. The molecule has 3 atom stereocenters. The Kier molecular flexibility index (Phi) is 3.97. The Morgan fingerprint density at radius 2 is 2.00 bits per heavy atom. The van der Waals surface area contributed by atoms with Gasteiger partial charge in [0.25, 0.3) is 0 Å². The van der Waals surface area contributed by atoms with Gasteiger partial charge in [-0.15, -0.1) is 0 Å². The highest BCUT2D eigenvalue weighted by Crippen LogP contribution is 2.35. The molecule has 0 saturated heterocycles. The van der Waals surface area contributed by atoms with Crippen molar-refractivity contribution in [3.63, 3.8) is 0 Å². The van der Waals surface area contributed by atoms with Crippen molar-refractivity contribution >= 4 is 5.97 Å². The molecule has 1 saturated carbocycles. The van der Waals surface area contributed by atoms with Crippen LogP contribution in [-0.2, 0) is 9.53 Å². The molecule has 0 heterocycles. The van der Waals surface area contributed by atoms with E-state index in [1.807, 2.05) is 0 Å². The average Bonchev–Trinajstić information content (AvgIpc) is 2.01.